The van der Waals surface area contributed by atoms with Gasteiger partial charge in [-0.3, -0.25) is 0 Å². The number of fused-ring (bicyclic) bond motifs is 1. The Bertz CT molecular complexity index is 416. The Morgan fingerprint density at radius 1 is 1.35 bits per heavy atom. The Morgan fingerprint density at radius 3 is 2.90 bits per heavy atom. The van der Waals surface area contributed by atoms with Crippen molar-refractivity contribution in [3.63, 3.8) is 0 Å². The number of ether oxygens (including phenoxy) is 1. The van der Waals surface area contributed by atoms with Gasteiger partial charge in [-0.25, -0.2) is 0 Å². The SMILES string of the molecule is CCCCC(CC)CC1NCCc2cc(OC)ccc21. The molecule has 0 aromatic heterocycles. The van der Waals surface area contributed by atoms with Crippen LogP contribution in [0.2, 0.25) is 0 Å². The zero-order valence-corrected chi connectivity index (χ0v) is 13.2. The van der Waals surface area contributed by atoms with Crippen LogP contribution in [0.4, 0.5) is 0 Å². The van der Waals surface area contributed by atoms with Gasteiger partial charge in [0.25, 0.3) is 0 Å². The number of unbranched alkanes of at least 4 members (excludes halogenated alkanes) is 1. The first kappa shape index (κ1) is 15.4. The summed E-state index contributed by atoms with van der Waals surface area (Å²) in [5, 5.41) is 3.71. The molecule has 1 aromatic rings. The third-order valence-electron chi connectivity index (χ3n) is 4.62. The summed E-state index contributed by atoms with van der Waals surface area (Å²) in [6.45, 7) is 5.71. The van der Waals surface area contributed by atoms with Crippen LogP contribution < -0.4 is 10.1 Å². The van der Waals surface area contributed by atoms with Crippen LogP contribution in [0.1, 0.15) is 63.1 Å². The van der Waals surface area contributed by atoms with Gasteiger partial charge in [0.2, 0.25) is 0 Å². The van der Waals surface area contributed by atoms with Crippen molar-refractivity contribution >= 4 is 0 Å². The summed E-state index contributed by atoms with van der Waals surface area (Å²) < 4.78 is 5.35. The fourth-order valence-electron chi connectivity index (χ4n) is 3.28. The quantitative estimate of drug-likeness (QED) is 0.791. The Balaban J connectivity index is 2.07. The molecule has 0 aliphatic carbocycles. The van der Waals surface area contributed by atoms with Crippen molar-refractivity contribution in [2.24, 2.45) is 5.92 Å². The average molecular weight is 275 g/mol. The zero-order chi connectivity index (χ0) is 14.4. The number of hydrogen-bond acceptors (Lipinski definition) is 2. The fraction of sp³-hybridized carbons (Fsp3) is 0.667. The van der Waals surface area contributed by atoms with Gasteiger partial charge in [-0.05, 0) is 48.6 Å². The van der Waals surface area contributed by atoms with Crippen LogP contribution in [0.5, 0.6) is 5.75 Å². The van der Waals surface area contributed by atoms with Crippen molar-refractivity contribution in [2.75, 3.05) is 13.7 Å². The van der Waals surface area contributed by atoms with Crippen LogP contribution in [0, 0.1) is 5.92 Å². The van der Waals surface area contributed by atoms with Gasteiger partial charge >= 0.3 is 0 Å². The molecule has 2 unspecified atom stereocenters. The minimum Gasteiger partial charge on any atom is -0.497 e. The van der Waals surface area contributed by atoms with E-state index in [1.807, 2.05) is 0 Å². The molecule has 0 saturated heterocycles. The molecule has 1 aliphatic rings. The Morgan fingerprint density at radius 2 is 2.20 bits per heavy atom. The van der Waals surface area contributed by atoms with Crippen LogP contribution in [0.3, 0.4) is 0 Å². The highest BCUT2D eigenvalue weighted by molar-refractivity contribution is 5.39. The number of benzene rings is 1. The number of nitrogens with one attached hydrogen (secondary N) is 1. The van der Waals surface area contributed by atoms with Crippen molar-refractivity contribution in [3.8, 4) is 5.75 Å². The summed E-state index contributed by atoms with van der Waals surface area (Å²) in [4.78, 5) is 0. The maximum absolute atomic E-state index is 5.35. The molecule has 0 amide bonds. The molecule has 1 aliphatic heterocycles. The predicted molar refractivity (Wildman–Crippen MR) is 85.4 cm³/mol. The van der Waals surface area contributed by atoms with Crippen LogP contribution in [-0.2, 0) is 6.42 Å². The molecule has 0 bridgehead atoms. The summed E-state index contributed by atoms with van der Waals surface area (Å²) >= 11 is 0. The second kappa shape index (κ2) is 7.68. The van der Waals surface area contributed by atoms with Gasteiger partial charge in [0, 0.05) is 6.04 Å². The molecule has 1 heterocycles. The Hall–Kier alpha value is -1.02. The van der Waals surface area contributed by atoms with Crippen LogP contribution >= 0.6 is 0 Å². The molecule has 1 aromatic carbocycles. The fourth-order valence-corrected chi connectivity index (χ4v) is 3.28. The number of rotatable bonds is 7. The smallest absolute Gasteiger partial charge is 0.119 e. The van der Waals surface area contributed by atoms with E-state index in [2.05, 4.69) is 37.4 Å². The molecule has 2 rings (SSSR count). The predicted octanol–water partition coefficient (Wildman–Crippen LogP) is 4.49. The summed E-state index contributed by atoms with van der Waals surface area (Å²) in [5.74, 6) is 1.84. The molecule has 2 atom stereocenters. The molecule has 2 nitrogen and oxygen atoms in total. The van der Waals surface area contributed by atoms with E-state index < -0.39 is 0 Å². The highest BCUT2D eigenvalue weighted by Crippen LogP contribution is 2.32. The second-order valence-electron chi connectivity index (χ2n) is 5.97. The van der Waals surface area contributed by atoms with E-state index in [-0.39, 0.29) is 0 Å². The first-order chi connectivity index (χ1) is 9.78. The summed E-state index contributed by atoms with van der Waals surface area (Å²) in [5.41, 5.74) is 2.96. The highest BCUT2D eigenvalue weighted by atomic mass is 16.5. The molecule has 1 N–H and O–H groups in total. The standard InChI is InChI=1S/C18H29NO/c1-4-6-7-14(5-2)12-18-17-9-8-16(20-3)13-15(17)10-11-19-18/h8-9,13-14,18-19H,4-7,10-12H2,1-3H3. The highest BCUT2D eigenvalue weighted by Gasteiger charge is 2.22. The van der Waals surface area contributed by atoms with Crippen molar-refractivity contribution in [3.05, 3.63) is 29.3 Å². The van der Waals surface area contributed by atoms with Gasteiger partial charge in [0.05, 0.1) is 7.11 Å². The second-order valence-corrected chi connectivity index (χ2v) is 5.97. The van der Waals surface area contributed by atoms with Crippen molar-refractivity contribution in [1.29, 1.82) is 0 Å². The number of methoxy groups -OCH3 is 1. The third kappa shape index (κ3) is 3.76. The minimum absolute atomic E-state index is 0.534. The Labute approximate surface area is 123 Å². The van der Waals surface area contributed by atoms with Gasteiger partial charge in [0.15, 0.2) is 0 Å². The molecule has 20 heavy (non-hydrogen) atoms. The van der Waals surface area contributed by atoms with Crippen molar-refractivity contribution < 1.29 is 4.74 Å². The molecule has 112 valence electrons. The largest absolute Gasteiger partial charge is 0.497 e. The van der Waals surface area contributed by atoms with E-state index in [0.717, 1.165) is 24.6 Å². The lowest BCUT2D eigenvalue weighted by Crippen LogP contribution is -2.31. The maximum atomic E-state index is 5.35. The lowest BCUT2D eigenvalue weighted by Gasteiger charge is -2.30. The van der Waals surface area contributed by atoms with Gasteiger partial charge in [-0.1, -0.05) is 45.6 Å². The average Bonchev–Trinajstić information content (AvgIpc) is 2.50. The lowest BCUT2D eigenvalue weighted by molar-refractivity contribution is 0.345. The van der Waals surface area contributed by atoms with E-state index in [0.29, 0.717) is 6.04 Å². The molecule has 0 fully saturated rings. The molecule has 0 radical (unpaired) electrons. The van der Waals surface area contributed by atoms with Crippen LogP contribution in [-0.4, -0.2) is 13.7 Å². The van der Waals surface area contributed by atoms with Crippen molar-refractivity contribution in [2.45, 2.75) is 58.4 Å². The van der Waals surface area contributed by atoms with E-state index >= 15 is 0 Å². The van der Waals surface area contributed by atoms with Crippen LogP contribution in [0.25, 0.3) is 0 Å². The monoisotopic (exact) mass is 275 g/mol. The molecular weight excluding hydrogens is 246 g/mol. The summed E-state index contributed by atoms with van der Waals surface area (Å²) in [7, 11) is 1.75. The molecule has 0 spiro atoms. The van der Waals surface area contributed by atoms with E-state index in [1.165, 1.54) is 43.2 Å². The van der Waals surface area contributed by atoms with Gasteiger partial charge in [0.1, 0.15) is 5.75 Å². The van der Waals surface area contributed by atoms with Crippen LogP contribution in [0.15, 0.2) is 18.2 Å². The molecule has 0 saturated carbocycles. The van der Waals surface area contributed by atoms with Gasteiger partial charge in [-0.15, -0.1) is 0 Å². The molecule has 2 heteroatoms. The molecular formula is C18H29NO. The van der Waals surface area contributed by atoms with E-state index in [1.54, 1.807) is 7.11 Å². The van der Waals surface area contributed by atoms with Gasteiger partial charge < -0.3 is 10.1 Å². The van der Waals surface area contributed by atoms with E-state index in [4.69, 9.17) is 4.74 Å². The van der Waals surface area contributed by atoms with E-state index in [9.17, 15) is 0 Å². The maximum Gasteiger partial charge on any atom is 0.119 e. The topological polar surface area (TPSA) is 21.3 Å². The summed E-state index contributed by atoms with van der Waals surface area (Å²) in [6, 6.07) is 7.12. The van der Waals surface area contributed by atoms with Gasteiger partial charge in [-0.2, -0.15) is 0 Å². The Kier molecular flexibility index (Phi) is 5.90. The third-order valence-corrected chi connectivity index (χ3v) is 4.62. The minimum atomic E-state index is 0.534. The normalized spacial score (nSPS) is 19.4. The first-order valence-corrected chi connectivity index (χ1v) is 8.18. The lowest BCUT2D eigenvalue weighted by atomic mass is 9.85. The summed E-state index contributed by atoms with van der Waals surface area (Å²) in [6.07, 6.45) is 7.73. The zero-order valence-electron chi connectivity index (χ0n) is 13.2. The number of hydrogen-bond donors (Lipinski definition) is 1. The first-order valence-electron chi connectivity index (χ1n) is 8.18. The van der Waals surface area contributed by atoms with Crippen molar-refractivity contribution in [1.82, 2.24) is 5.32 Å².